The fraction of sp³-hybridized carbons (Fsp3) is 0. The molecule has 3 radical (unpaired) electrons. The third-order valence-corrected chi connectivity index (χ3v) is 0. The summed E-state index contributed by atoms with van der Waals surface area (Å²) >= 11 is -5.12. The van der Waals surface area contributed by atoms with E-state index in [-0.39, 0.29) is 132 Å². The third kappa shape index (κ3) is 46.7. The Balaban J connectivity index is -0.0000000267. The van der Waals surface area contributed by atoms with Crippen LogP contribution in [0.4, 0.5) is 0 Å². The van der Waals surface area contributed by atoms with Gasteiger partial charge in [0.25, 0.3) is 0 Å². The largest absolute Gasteiger partial charge is 0 e. The molecule has 0 aromatic rings. The van der Waals surface area contributed by atoms with Crippen LogP contribution >= 0.6 is 0 Å². The summed E-state index contributed by atoms with van der Waals surface area (Å²) in [4.78, 5) is 0. The van der Waals surface area contributed by atoms with Crippen molar-refractivity contribution < 1.29 is 16.0 Å². The molecule has 0 saturated heterocycles. The van der Waals surface area contributed by atoms with E-state index in [9.17, 15) is 0 Å². The van der Waals surface area contributed by atoms with Gasteiger partial charge in [-0.25, -0.2) is 0 Å². The predicted octanol–water partition coefficient (Wildman–Crippen LogP) is -3.31. The number of hydrogen-bond donors (Lipinski definition) is 3. The van der Waals surface area contributed by atoms with Crippen LogP contribution in [-0.2, 0) is 3.74 Å². The quantitative estimate of drug-likeness (QED) is 0.389. The van der Waals surface area contributed by atoms with Crippen LogP contribution in [0.2, 0.25) is 0 Å². The Morgan fingerprint density at radius 2 is 1.00 bits per heavy atom. The Hall–Kier alpha value is 4.51. The van der Waals surface area contributed by atoms with Gasteiger partial charge in [-0.05, 0) is 0 Å². The van der Waals surface area contributed by atoms with E-state index in [1.807, 2.05) is 0 Å². The van der Waals surface area contributed by atoms with Gasteiger partial charge in [-0.2, -0.15) is 0 Å². The molecule has 8 heavy (non-hydrogen) atoms. The molecule has 0 fully saturated rings. The molecule has 0 atom stereocenters. The van der Waals surface area contributed by atoms with Crippen molar-refractivity contribution in [2.24, 2.45) is 0 Å². The Morgan fingerprint density at radius 1 is 1.00 bits per heavy atom. The van der Waals surface area contributed by atoms with Crippen molar-refractivity contribution in [1.82, 2.24) is 0 Å². The molecule has 0 aromatic carbocycles. The zero-order chi connectivity index (χ0) is 4.50. The van der Waals surface area contributed by atoms with Crippen molar-refractivity contribution in [3.05, 3.63) is 0 Å². The van der Waals surface area contributed by atoms with E-state index in [1.165, 1.54) is 0 Å². The van der Waals surface area contributed by atoms with Gasteiger partial charge in [-0.15, -0.1) is 0 Å². The van der Waals surface area contributed by atoms with E-state index < -0.39 is 14.5 Å². The summed E-state index contributed by atoms with van der Waals surface area (Å²) in [6.07, 6.45) is 0. The van der Waals surface area contributed by atoms with Gasteiger partial charge in [0, 0.05) is 132 Å². The van der Waals surface area contributed by atoms with Gasteiger partial charge in [0.2, 0.25) is 0 Å². The first-order valence-electron chi connectivity index (χ1n) is 0.783. The molecule has 0 aliphatic rings. The van der Waals surface area contributed by atoms with E-state index in [0.29, 0.717) is 0 Å². The fourth-order valence-electron chi connectivity index (χ4n) is 0. The predicted molar refractivity (Wildman–Crippen MR) is 30.4 cm³/mol. The molecule has 3 N–H and O–H groups in total. The standard InChI is InChI=1S/AsH3O4.2K.Na/c2-1(3,4)5;;;/h(H3,2,3,4,5);;;. The van der Waals surface area contributed by atoms with E-state index >= 15 is 0 Å². The van der Waals surface area contributed by atoms with Crippen molar-refractivity contribution in [1.29, 1.82) is 0 Å². The Morgan fingerprint density at radius 3 is 1.00 bits per heavy atom. The van der Waals surface area contributed by atoms with E-state index in [4.69, 9.17) is 16.0 Å². The van der Waals surface area contributed by atoms with Crippen LogP contribution in [0.25, 0.3) is 0 Å². The van der Waals surface area contributed by atoms with Gasteiger partial charge >= 0.3 is 30.5 Å². The van der Waals surface area contributed by atoms with Crippen molar-refractivity contribution in [2.45, 2.75) is 0 Å². The molecular formula is H3AsK2NaO4. The van der Waals surface area contributed by atoms with Crippen LogP contribution in [0.15, 0.2) is 0 Å². The minimum atomic E-state index is -5.12. The molecule has 0 rings (SSSR count). The summed E-state index contributed by atoms with van der Waals surface area (Å²) in [5.74, 6) is 0. The summed E-state index contributed by atoms with van der Waals surface area (Å²) in [7, 11) is 0. The molecule has 0 heterocycles. The molecule has 8 heteroatoms. The average Bonchev–Trinajstić information content (AvgIpc) is 0.722. The Kier molecular flexibility index (Phi) is 32.9. The normalized spacial score (nSPS) is 7.38. The van der Waals surface area contributed by atoms with Crippen molar-refractivity contribution >= 4 is 147 Å². The first-order chi connectivity index (χ1) is 2.00. The van der Waals surface area contributed by atoms with Crippen LogP contribution in [-0.4, -0.2) is 159 Å². The van der Waals surface area contributed by atoms with Crippen LogP contribution in [0.1, 0.15) is 0 Å². The van der Waals surface area contributed by atoms with Gasteiger partial charge in [-0.1, -0.05) is 0 Å². The van der Waals surface area contributed by atoms with Gasteiger partial charge in [-0.3, -0.25) is 0 Å². The monoisotopic (exact) mass is 243 g/mol. The summed E-state index contributed by atoms with van der Waals surface area (Å²) < 4.78 is 30.7. The Bertz CT molecular complexity index is 60.2. The van der Waals surface area contributed by atoms with E-state index in [2.05, 4.69) is 0 Å². The first kappa shape index (κ1) is 22.9. The summed E-state index contributed by atoms with van der Waals surface area (Å²) in [6, 6.07) is 0. The topological polar surface area (TPSA) is 77.8 Å². The smallest absolute Gasteiger partial charge is 0 e. The van der Waals surface area contributed by atoms with Gasteiger partial charge < -0.3 is 0 Å². The molecular weight excluding hydrogens is 240 g/mol. The molecule has 0 bridgehead atoms. The molecule has 4 nitrogen and oxygen atoms in total. The molecule has 0 spiro atoms. The van der Waals surface area contributed by atoms with Crippen LogP contribution in [0.5, 0.6) is 0 Å². The molecule has 0 unspecified atom stereocenters. The molecule has 0 saturated carbocycles. The van der Waals surface area contributed by atoms with Gasteiger partial charge in [0.1, 0.15) is 0 Å². The second-order valence-electron chi connectivity index (χ2n) is 0.513. The third-order valence-electron chi connectivity index (χ3n) is 0. The van der Waals surface area contributed by atoms with Gasteiger partial charge in [0.15, 0.2) is 0 Å². The van der Waals surface area contributed by atoms with Crippen LogP contribution < -0.4 is 0 Å². The zero-order valence-corrected chi connectivity index (χ0v) is 15.3. The van der Waals surface area contributed by atoms with Gasteiger partial charge in [0.05, 0.1) is 0 Å². The second kappa shape index (κ2) is 11.5. The summed E-state index contributed by atoms with van der Waals surface area (Å²) in [6.45, 7) is 0. The molecule has 0 aliphatic carbocycles. The summed E-state index contributed by atoms with van der Waals surface area (Å²) in [5.41, 5.74) is 0. The van der Waals surface area contributed by atoms with Crippen molar-refractivity contribution in [3.63, 3.8) is 0 Å². The maximum Gasteiger partial charge on any atom is 0 e. The minimum absolute atomic E-state index is 0. The average molecular weight is 243 g/mol. The maximum atomic E-state index is 8.94. The molecule has 35 valence electrons. The SMILES string of the molecule is O=[As](O)(O)O.[K].[K].[Na]. The molecule has 0 aliphatic heterocycles. The fourth-order valence-corrected chi connectivity index (χ4v) is 0. The molecule has 0 amide bonds. The Labute approximate surface area is 158 Å². The summed E-state index contributed by atoms with van der Waals surface area (Å²) in [5, 5.41) is 0. The van der Waals surface area contributed by atoms with Crippen LogP contribution in [0.3, 0.4) is 0 Å². The molecule has 0 aromatic heterocycles. The van der Waals surface area contributed by atoms with Crippen LogP contribution in [0, 0.1) is 0 Å². The number of rotatable bonds is 0. The maximum absolute atomic E-state index is 8.94. The van der Waals surface area contributed by atoms with Crippen molar-refractivity contribution in [2.75, 3.05) is 0 Å². The second-order valence-corrected chi connectivity index (χ2v) is 2.67. The van der Waals surface area contributed by atoms with Crippen molar-refractivity contribution in [3.8, 4) is 0 Å². The first-order valence-corrected chi connectivity index (χ1v) is 4.07. The van der Waals surface area contributed by atoms with E-state index in [1.54, 1.807) is 0 Å². The zero-order valence-electron chi connectivity index (χ0n) is 5.20. The minimum Gasteiger partial charge on any atom is 0 e. The number of hydrogen-bond acceptors (Lipinski definition) is 1. The van der Waals surface area contributed by atoms with E-state index in [0.717, 1.165) is 0 Å².